The minimum absolute atomic E-state index is 0.0701. The molecule has 0 bridgehead atoms. The van der Waals surface area contributed by atoms with Gasteiger partial charge in [-0.2, -0.15) is 0 Å². The van der Waals surface area contributed by atoms with E-state index in [-0.39, 0.29) is 28.9 Å². The highest BCUT2D eigenvalue weighted by Crippen LogP contribution is 2.41. The van der Waals surface area contributed by atoms with Gasteiger partial charge < -0.3 is 10.1 Å². The van der Waals surface area contributed by atoms with E-state index in [2.05, 4.69) is 5.32 Å². The third-order valence-electron chi connectivity index (χ3n) is 4.26. The largest absolute Gasteiger partial charge is 0.487 e. The maximum absolute atomic E-state index is 12.6. The number of nitro groups is 1. The molecule has 130 valence electrons. The van der Waals surface area contributed by atoms with Gasteiger partial charge in [-0.1, -0.05) is 30.3 Å². The van der Waals surface area contributed by atoms with Crippen molar-refractivity contribution in [3.8, 4) is 5.75 Å². The molecule has 25 heavy (non-hydrogen) atoms. The summed E-state index contributed by atoms with van der Waals surface area (Å²) in [5, 5.41) is 14.3. The van der Waals surface area contributed by atoms with Gasteiger partial charge in [0.2, 0.25) is 0 Å². The predicted molar refractivity (Wildman–Crippen MR) is 93.6 cm³/mol. The lowest BCUT2D eigenvalue weighted by atomic mass is 10.0. The van der Waals surface area contributed by atoms with E-state index in [0.717, 1.165) is 18.4 Å². The second-order valence-corrected chi connectivity index (χ2v) is 6.07. The number of benzene rings is 2. The number of nitrogens with one attached hydrogen (secondary N) is 1. The molecule has 0 spiro atoms. The average Bonchev–Trinajstić information content (AvgIpc) is 3.45. The van der Waals surface area contributed by atoms with Gasteiger partial charge in [0.05, 0.1) is 17.6 Å². The second-order valence-electron chi connectivity index (χ2n) is 6.07. The number of nitro benzene ring substituents is 1. The second kappa shape index (κ2) is 7.34. The predicted octanol–water partition coefficient (Wildman–Crippen LogP) is 3.87. The number of nitrogens with zero attached hydrogens (tertiary/aromatic N) is 1. The number of amides is 1. The maximum Gasteiger partial charge on any atom is 0.311 e. The molecule has 0 saturated heterocycles. The lowest BCUT2D eigenvalue weighted by Crippen LogP contribution is -2.29. The van der Waals surface area contributed by atoms with Crippen molar-refractivity contribution in [1.29, 1.82) is 0 Å². The van der Waals surface area contributed by atoms with Gasteiger partial charge in [0.1, 0.15) is 0 Å². The van der Waals surface area contributed by atoms with Gasteiger partial charge in [0, 0.05) is 11.6 Å². The zero-order valence-electron chi connectivity index (χ0n) is 14.0. The van der Waals surface area contributed by atoms with Gasteiger partial charge in [0.25, 0.3) is 5.91 Å². The molecule has 0 radical (unpaired) electrons. The summed E-state index contributed by atoms with van der Waals surface area (Å²) in [6.45, 7) is 2.08. The molecule has 1 N–H and O–H groups in total. The minimum atomic E-state index is -0.530. The molecule has 0 unspecified atom stereocenters. The fourth-order valence-corrected chi connectivity index (χ4v) is 2.87. The molecule has 1 aliphatic rings. The summed E-state index contributed by atoms with van der Waals surface area (Å²) in [6.07, 6.45) is 2.15. The highest BCUT2D eigenvalue weighted by atomic mass is 16.6. The fraction of sp³-hybridized carbons (Fsp3) is 0.316. The Bertz CT molecular complexity index is 772. The molecule has 2 aromatic rings. The van der Waals surface area contributed by atoms with E-state index in [4.69, 9.17) is 4.74 Å². The van der Waals surface area contributed by atoms with Crippen LogP contribution in [0.15, 0.2) is 48.5 Å². The summed E-state index contributed by atoms with van der Waals surface area (Å²) in [4.78, 5) is 23.3. The van der Waals surface area contributed by atoms with Crippen LogP contribution in [0.4, 0.5) is 5.69 Å². The van der Waals surface area contributed by atoms with E-state index in [0.29, 0.717) is 12.5 Å². The molecule has 1 aliphatic carbocycles. The molecule has 1 amide bonds. The van der Waals surface area contributed by atoms with Gasteiger partial charge in [-0.25, -0.2) is 0 Å². The topological polar surface area (TPSA) is 81.5 Å². The van der Waals surface area contributed by atoms with Crippen molar-refractivity contribution < 1.29 is 14.5 Å². The van der Waals surface area contributed by atoms with Crippen molar-refractivity contribution >= 4 is 11.6 Å². The Balaban J connectivity index is 1.82. The summed E-state index contributed by atoms with van der Waals surface area (Å²) in [7, 11) is 0. The van der Waals surface area contributed by atoms with Crippen LogP contribution in [-0.2, 0) is 0 Å². The quantitative estimate of drug-likeness (QED) is 0.613. The van der Waals surface area contributed by atoms with Crippen molar-refractivity contribution in [3.63, 3.8) is 0 Å². The van der Waals surface area contributed by atoms with Gasteiger partial charge in [-0.05, 0) is 43.4 Å². The molecular formula is C19H20N2O4. The summed E-state index contributed by atoms with van der Waals surface area (Å²) in [5.41, 5.74) is 1.12. The molecule has 6 nitrogen and oxygen atoms in total. The van der Waals surface area contributed by atoms with Crippen LogP contribution in [0.25, 0.3) is 0 Å². The molecule has 6 heteroatoms. The zero-order valence-corrected chi connectivity index (χ0v) is 14.0. The van der Waals surface area contributed by atoms with Gasteiger partial charge in [-0.3, -0.25) is 14.9 Å². The Labute approximate surface area is 146 Å². The zero-order chi connectivity index (χ0) is 17.8. The first-order valence-corrected chi connectivity index (χ1v) is 8.37. The van der Waals surface area contributed by atoms with Gasteiger partial charge in [0.15, 0.2) is 5.75 Å². The monoisotopic (exact) mass is 340 g/mol. The maximum atomic E-state index is 12.6. The van der Waals surface area contributed by atoms with Gasteiger partial charge >= 0.3 is 5.69 Å². The van der Waals surface area contributed by atoms with E-state index in [1.165, 1.54) is 12.1 Å². The van der Waals surface area contributed by atoms with E-state index in [1.54, 1.807) is 13.0 Å². The van der Waals surface area contributed by atoms with Crippen molar-refractivity contribution in [3.05, 3.63) is 69.8 Å². The van der Waals surface area contributed by atoms with E-state index in [1.807, 2.05) is 30.3 Å². The third kappa shape index (κ3) is 3.96. The standard InChI is InChI=1S/C19H20N2O4/c1-2-25-17-11-10-15(12-16(17)21(23)24)19(22)20-18(14-8-9-14)13-6-4-3-5-7-13/h3-7,10-12,14,18H,2,8-9H2,1H3,(H,20,22)/t18-/m1/s1. The van der Waals surface area contributed by atoms with E-state index < -0.39 is 4.92 Å². The highest BCUT2D eigenvalue weighted by Gasteiger charge is 2.33. The first-order chi connectivity index (χ1) is 12.1. The summed E-state index contributed by atoms with van der Waals surface area (Å²) < 4.78 is 5.26. The minimum Gasteiger partial charge on any atom is -0.487 e. The Kier molecular flexibility index (Phi) is 4.97. The molecule has 3 rings (SSSR count). The van der Waals surface area contributed by atoms with Crippen LogP contribution in [0.1, 0.15) is 41.7 Å². The fourth-order valence-electron chi connectivity index (χ4n) is 2.87. The van der Waals surface area contributed by atoms with Crippen LogP contribution in [0.5, 0.6) is 5.75 Å². The number of ether oxygens (including phenoxy) is 1. The molecule has 0 aromatic heterocycles. The average molecular weight is 340 g/mol. The molecule has 0 heterocycles. The smallest absolute Gasteiger partial charge is 0.311 e. The molecule has 1 atom stereocenters. The number of hydrogen-bond donors (Lipinski definition) is 1. The first kappa shape index (κ1) is 17.0. The third-order valence-corrected chi connectivity index (χ3v) is 4.26. The molecule has 0 aliphatic heterocycles. The SMILES string of the molecule is CCOc1ccc(C(=O)N[C@H](c2ccccc2)C2CC2)cc1[N+](=O)[O-]. The van der Waals surface area contributed by atoms with Crippen molar-refractivity contribution in [2.45, 2.75) is 25.8 Å². The molecule has 1 fully saturated rings. The van der Waals surface area contributed by atoms with Crippen LogP contribution < -0.4 is 10.1 Å². The Morgan fingerprint density at radius 1 is 1.28 bits per heavy atom. The van der Waals surface area contributed by atoms with Crippen molar-refractivity contribution in [2.24, 2.45) is 5.92 Å². The molecular weight excluding hydrogens is 320 g/mol. The van der Waals surface area contributed by atoms with Crippen LogP contribution >= 0.6 is 0 Å². The number of rotatable bonds is 7. The van der Waals surface area contributed by atoms with E-state index in [9.17, 15) is 14.9 Å². The molecule has 2 aromatic carbocycles. The van der Waals surface area contributed by atoms with Crippen LogP contribution in [-0.4, -0.2) is 17.4 Å². The van der Waals surface area contributed by atoms with Crippen molar-refractivity contribution in [2.75, 3.05) is 6.61 Å². The van der Waals surface area contributed by atoms with Crippen LogP contribution in [0, 0.1) is 16.0 Å². The van der Waals surface area contributed by atoms with Crippen LogP contribution in [0.3, 0.4) is 0 Å². The Morgan fingerprint density at radius 2 is 2.00 bits per heavy atom. The normalized spacial score (nSPS) is 14.6. The number of carbonyl (C=O) groups excluding carboxylic acids is 1. The molecule has 1 saturated carbocycles. The van der Waals surface area contributed by atoms with Gasteiger partial charge in [-0.15, -0.1) is 0 Å². The number of hydrogen-bond acceptors (Lipinski definition) is 4. The van der Waals surface area contributed by atoms with Crippen LogP contribution in [0.2, 0.25) is 0 Å². The Morgan fingerprint density at radius 3 is 2.60 bits per heavy atom. The lowest BCUT2D eigenvalue weighted by molar-refractivity contribution is -0.385. The lowest BCUT2D eigenvalue weighted by Gasteiger charge is -2.19. The summed E-state index contributed by atoms with van der Waals surface area (Å²) in [6, 6.07) is 14.0. The van der Waals surface area contributed by atoms with Crippen molar-refractivity contribution in [1.82, 2.24) is 5.32 Å². The summed E-state index contributed by atoms with van der Waals surface area (Å²) in [5.74, 6) is 0.279. The Hall–Kier alpha value is -2.89. The van der Waals surface area contributed by atoms with E-state index >= 15 is 0 Å². The summed E-state index contributed by atoms with van der Waals surface area (Å²) >= 11 is 0. The first-order valence-electron chi connectivity index (χ1n) is 8.37. The number of carbonyl (C=O) groups is 1. The highest BCUT2D eigenvalue weighted by molar-refractivity contribution is 5.95.